The van der Waals surface area contributed by atoms with Gasteiger partial charge in [-0.05, 0) is 56.1 Å². The number of carbonyl (C=O) groups excluding carboxylic acids is 1. The summed E-state index contributed by atoms with van der Waals surface area (Å²) in [4.78, 5) is 11.9. The van der Waals surface area contributed by atoms with Crippen LogP contribution in [-0.2, 0) is 0 Å². The van der Waals surface area contributed by atoms with Crippen LogP contribution in [0.15, 0.2) is 29.4 Å². The maximum atomic E-state index is 11.9. The molecule has 3 heteroatoms. The molecule has 1 aromatic rings. The number of fused-ring (bicyclic) bond motifs is 2. The highest BCUT2D eigenvalue weighted by atomic mass is 16.2. The molecule has 2 aliphatic carbocycles. The summed E-state index contributed by atoms with van der Waals surface area (Å²) < 4.78 is 0. The van der Waals surface area contributed by atoms with Crippen molar-refractivity contribution in [2.45, 2.75) is 32.6 Å². The summed E-state index contributed by atoms with van der Waals surface area (Å²) in [6.07, 6.45) is 7.31. The van der Waals surface area contributed by atoms with Crippen molar-refractivity contribution in [1.82, 2.24) is 5.43 Å². The molecule has 0 saturated heterocycles. The summed E-state index contributed by atoms with van der Waals surface area (Å²) in [5.74, 6) is 2.18. The molecule has 3 atom stereocenters. The van der Waals surface area contributed by atoms with E-state index in [-0.39, 0.29) is 5.91 Å². The first-order valence-corrected chi connectivity index (χ1v) is 7.12. The summed E-state index contributed by atoms with van der Waals surface area (Å²) in [5.41, 5.74) is 4.40. The van der Waals surface area contributed by atoms with E-state index >= 15 is 0 Å². The highest BCUT2D eigenvalue weighted by Crippen LogP contribution is 2.47. The molecular formula is C16H20N2O. The first-order valence-electron chi connectivity index (χ1n) is 7.12. The Hall–Kier alpha value is -1.64. The Morgan fingerprint density at radius 3 is 2.95 bits per heavy atom. The lowest BCUT2D eigenvalue weighted by Crippen LogP contribution is -2.20. The van der Waals surface area contributed by atoms with Gasteiger partial charge in [0.05, 0.1) is 0 Å². The SMILES string of the molecule is Cc1cccc(C(=O)NN=CC2CC3CCC2C3)c1. The number of rotatable bonds is 3. The number of amides is 1. The highest BCUT2D eigenvalue weighted by Gasteiger charge is 2.38. The molecule has 1 aromatic carbocycles. The van der Waals surface area contributed by atoms with Gasteiger partial charge >= 0.3 is 0 Å². The van der Waals surface area contributed by atoms with Gasteiger partial charge in [0.1, 0.15) is 0 Å². The van der Waals surface area contributed by atoms with E-state index in [1.165, 1.54) is 25.7 Å². The fourth-order valence-electron chi connectivity index (χ4n) is 3.52. The third-order valence-corrected chi connectivity index (χ3v) is 4.51. The molecule has 0 aromatic heterocycles. The summed E-state index contributed by atoms with van der Waals surface area (Å²) in [6.45, 7) is 1.98. The number of nitrogens with one attached hydrogen (secondary N) is 1. The van der Waals surface area contributed by atoms with E-state index in [2.05, 4.69) is 10.5 Å². The predicted molar refractivity (Wildman–Crippen MR) is 76.1 cm³/mol. The van der Waals surface area contributed by atoms with E-state index in [1.807, 2.05) is 37.4 Å². The monoisotopic (exact) mass is 256 g/mol. The van der Waals surface area contributed by atoms with Gasteiger partial charge in [-0.1, -0.05) is 24.1 Å². The molecule has 2 saturated carbocycles. The molecule has 3 nitrogen and oxygen atoms in total. The minimum atomic E-state index is -0.122. The van der Waals surface area contributed by atoms with Crippen LogP contribution in [0.1, 0.15) is 41.6 Å². The minimum Gasteiger partial charge on any atom is -0.267 e. The second kappa shape index (κ2) is 5.16. The quantitative estimate of drug-likeness (QED) is 0.655. The van der Waals surface area contributed by atoms with Crippen molar-refractivity contribution in [1.29, 1.82) is 0 Å². The topological polar surface area (TPSA) is 41.5 Å². The fourth-order valence-corrected chi connectivity index (χ4v) is 3.52. The summed E-state index contributed by atoms with van der Waals surface area (Å²) in [5, 5.41) is 4.15. The number of benzene rings is 1. The zero-order chi connectivity index (χ0) is 13.2. The summed E-state index contributed by atoms with van der Waals surface area (Å²) in [7, 11) is 0. The van der Waals surface area contributed by atoms with E-state index in [4.69, 9.17) is 0 Å². The molecule has 2 bridgehead atoms. The molecule has 2 aliphatic rings. The molecule has 0 aliphatic heterocycles. The van der Waals surface area contributed by atoms with E-state index < -0.39 is 0 Å². The zero-order valence-electron chi connectivity index (χ0n) is 11.3. The van der Waals surface area contributed by atoms with Crippen LogP contribution in [0.5, 0.6) is 0 Å². The van der Waals surface area contributed by atoms with Gasteiger partial charge in [-0.25, -0.2) is 5.43 Å². The second-order valence-electron chi connectivity index (χ2n) is 5.93. The van der Waals surface area contributed by atoms with E-state index in [0.29, 0.717) is 11.5 Å². The van der Waals surface area contributed by atoms with Crippen LogP contribution in [0.25, 0.3) is 0 Å². The average Bonchev–Trinajstić information content (AvgIpc) is 3.01. The lowest BCUT2D eigenvalue weighted by Gasteiger charge is -2.16. The minimum absolute atomic E-state index is 0.122. The Bertz CT molecular complexity index is 509. The van der Waals surface area contributed by atoms with Crippen LogP contribution < -0.4 is 5.43 Å². The largest absolute Gasteiger partial charge is 0.271 e. The van der Waals surface area contributed by atoms with Crippen LogP contribution in [0, 0.1) is 24.7 Å². The standard InChI is InChI=1S/C16H20N2O/c1-11-3-2-4-14(7-11)16(19)18-17-10-15-9-12-5-6-13(15)8-12/h2-4,7,10,12-13,15H,5-6,8-9H2,1H3,(H,18,19). The van der Waals surface area contributed by atoms with Gasteiger partial charge in [0.2, 0.25) is 0 Å². The van der Waals surface area contributed by atoms with Crippen LogP contribution in [0.4, 0.5) is 0 Å². The van der Waals surface area contributed by atoms with E-state index in [1.54, 1.807) is 0 Å². The van der Waals surface area contributed by atoms with Gasteiger partial charge in [-0.3, -0.25) is 4.79 Å². The molecule has 3 unspecified atom stereocenters. The molecule has 0 spiro atoms. The van der Waals surface area contributed by atoms with Crippen LogP contribution in [-0.4, -0.2) is 12.1 Å². The maximum absolute atomic E-state index is 11.9. The average molecular weight is 256 g/mol. The van der Waals surface area contributed by atoms with Gasteiger partial charge in [0, 0.05) is 11.8 Å². The van der Waals surface area contributed by atoms with Gasteiger partial charge in [-0.15, -0.1) is 0 Å². The molecular weight excluding hydrogens is 236 g/mol. The number of hydrogen-bond donors (Lipinski definition) is 1. The predicted octanol–water partition coefficient (Wildman–Crippen LogP) is 3.15. The smallest absolute Gasteiger partial charge is 0.267 e. The molecule has 100 valence electrons. The zero-order valence-corrected chi connectivity index (χ0v) is 11.3. The molecule has 0 heterocycles. The number of aryl methyl sites for hydroxylation is 1. The number of nitrogens with zero attached hydrogens (tertiary/aromatic N) is 1. The highest BCUT2D eigenvalue weighted by molar-refractivity contribution is 5.94. The van der Waals surface area contributed by atoms with Gasteiger partial charge in [0.15, 0.2) is 0 Å². The van der Waals surface area contributed by atoms with Gasteiger partial charge in [0.25, 0.3) is 5.91 Å². The van der Waals surface area contributed by atoms with Crippen molar-refractivity contribution >= 4 is 12.1 Å². The number of hydrazone groups is 1. The lowest BCUT2D eigenvalue weighted by atomic mass is 9.90. The summed E-state index contributed by atoms with van der Waals surface area (Å²) >= 11 is 0. The van der Waals surface area contributed by atoms with Crippen molar-refractivity contribution in [3.05, 3.63) is 35.4 Å². The Morgan fingerprint density at radius 1 is 1.37 bits per heavy atom. The molecule has 1 amide bonds. The first-order chi connectivity index (χ1) is 9.22. The third kappa shape index (κ3) is 2.70. The first kappa shape index (κ1) is 12.4. The number of carbonyl (C=O) groups is 1. The van der Waals surface area contributed by atoms with Crippen LogP contribution in [0.2, 0.25) is 0 Å². The second-order valence-corrected chi connectivity index (χ2v) is 5.93. The number of hydrogen-bond acceptors (Lipinski definition) is 2. The maximum Gasteiger partial charge on any atom is 0.271 e. The third-order valence-electron chi connectivity index (χ3n) is 4.51. The van der Waals surface area contributed by atoms with Crippen molar-refractivity contribution in [3.8, 4) is 0 Å². The van der Waals surface area contributed by atoms with E-state index in [9.17, 15) is 4.79 Å². The van der Waals surface area contributed by atoms with Crippen LogP contribution >= 0.6 is 0 Å². The Kier molecular flexibility index (Phi) is 3.36. The Balaban J connectivity index is 1.56. The fraction of sp³-hybridized carbons (Fsp3) is 0.500. The van der Waals surface area contributed by atoms with Gasteiger partial charge < -0.3 is 0 Å². The van der Waals surface area contributed by atoms with E-state index in [0.717, 1.165) is 17.4 Å². The van der Waals surface area contributed by atoms with Crippen molar-refractivity contribution in [2.24, 2.45) is 22.9 Å². The Morgan fingerprint density at radius 2 is 2.26 bits per heavy atom. The summed E-state index contributed by atoms with van der Waals surface area (Å²) in [6, 6.07) is 7.57. The van der Waals surface area contributed by atoms with Crippen molar-refractivity contribution < 1.29 is 4.79 Å². The van der Waals surface area contributed by atoms with Gasteiger partial charge in [-0.2, -0.15) is 5.10 Å². The lowest BCUT2D eigenvalue weighted by molar-refractivity contribution is 0.0954. The molecule has 19 heavy (non-hydrogen) atoms. The molecule has 0 radical (unpaired) electrons. The van der Waals surface area contributed by atoms with Crippen LogP contribution in [0.3, 0.4) is 0 Å². The Labute approximate surface area is 114 Å². The normalized spacial score (nSPS) is 29.0. The van der Waals surface area contributed by atoms with Crippen molar-refractivity contribution in [2.75, 3.05) is 0 Å². The van der Waals surface area contributed by atoms with Crippen molar-refractivity contribution in [3.63, 3.8) is 0 Å². The molecule has 1 N–H and O–H groups in total. The molecule has 2 fully saturated rings. The molecule has 3 rings (SSSR count).